The summed E-state index contributed by atoms with van der Waals surface area (Å²) in [6.45, 7) is 10.3. The summed E-state index contributed by atoms with van der Waals surface area (Å²) in [4.78, 5) is 25.7. The Balaban J connectivity index is 1.33. The lowest BCUT2D eigenvalue weighted by atomic mass is 10.1. The average molecular weight is 491 g/mol. The van der Waals surface area contributed by atoms with E-state index in [1.807, 2.05) is 36.5 Å². The Hall–Kier alpha value is -2.43. The van der Waals surface area contributed by atoms with E-state index in [4.69, 9.17) is 16.3 Å². The van der Waals surface area contributed by atoms with Crippen LogP contribution in [0.1, 0.15) is 44.8 Å². The van der Waals surface area contributed by atoms with Gasteiger partial charge in [-0.05, 0) is 53.6 Å². The number of ether oxygens (including phenoxy) is 1. The summed E-state index contributed by atoms with van der Waals surface area (Å²) in [7, 11) is 2.13. The molecule has 0 radical (unpaired) electrons. The molecule has 0 bridgehead atoms. The lowest BCUT2D eigenvalue weighted by Crippen LogP contribution is -2.45. The van der Waals surface area contributed by atoms with E-state index in [1.54, 1.807) is 6.20 Å². The van der Waals surface area contributed by atoms with Crippen LogP contribution in [0.25, 0.3) is 0 Å². The number of hydrogen-bond acceptors (Lipinski definition) is 8. The summed E-state index contributed by atoms with van der Waals surface area (Å²) < 4.78 is 7.71. The number of carbonyl (C=O) groups is 1. The van der Waals surface area contributed by atoms with Gasteiger partial charge in [-0.2, -0.15) is 10.1 Å². The van der Waals surface area contributed by atoms with Gasteiger partial charge >= 0.3 is 0 Å². The number of halogens is 1. The molecule has 1 atom stereocenters. The molecule has 1 amide bonds. The number of nitrogens with zero attached hydrogens (tertiary/aromatic N) is 6. The molecule has 4 rings (SSSR count). The zero-order valence-electron chi connectivity index (χ0n) is 20.5. The van der Waals surface area contributed by atoms with E-state index in [0.29, 0.717) is 42.5 Å². The zero-order chi connectivity index (χ0) is 24.3. The maximum atomic E-state index is 12.7. The number of anilines is 3. The predicted octanol–water partition coefficient (Wildman–Crippen LogP) is 3.08. The van der Waals surface area contributed by atoms with Crippen molar-refractivity contribution >= 4 is 35.0 Å². The van der Waals surface area contributed by atoms with Crippen LogP contribution >= 0.6 is 11.6 Å². The fraction of sp³-hybridized carbons (Fsp3) is 0.652. The van der Waals surface area contributed by atoms with Crippen LogP contribution in [-0.4, -0.2) is 87.4 Å². The highest BCUT2D eigenvalue weighted by Crippen LogP contribution is 2.26. The first-order valence-corrected chi connectivity index (χ1v) is 12.3. The fourth-order valence-corrected chi connectivity index (χ4v) is 4.57. The second-order valence-corrected chi connectivity index (χ2v) is 10.0. The SMILES string of the molecule is Cc1nn(C2CCN(C)C2)cc1Nc1ncc(Cl)c(NCCCN2CCCOC(C)(C)C2=O)n1. The lowest BCUT2D eigenvalue weighted by Gasteiger charge is -2.28. The summed E-state index contributed by atoms with van der Waals surface area (Å²) >= 11 is 6.33. The minimum atomic E-state index is -0.764. The number of carbonyl (C=O) groups excluding carboxylic acids is 1. The molecular weight excluding hydrogens is 456 g/mol. The van der Waals surface area contributed by atoms with Gasteiger partial charge in [-0.25, -0.2) is 4.98 Å². The third kappa shape index (κ3) is 5.79. The van der Waals surface area contributed by atoms with Crippen molar-refractivity contribution in [2.45, 2.75) is 51.7 Å². The quantitative estimate of drug-likeness (QED) is 0.544. The largest absolute Gasteiger partial charge is 0.369 e. The minimum absolute atomic E-state index is 0.0386. The molecule has 11 heteroatoms. The van der Waals surface area contributed by atoms with Crippen LogP contribution in [0, 0.1) is 6.92 Å². The van der Waals surface area contributed by atoms with E-state index in [9.17, 15) is 4.79 Å². The second-order valence-electron chi connectivity index (χ2n) is 9.61. The Labute approximate surface area is 206 Å². The Morgan fingerprint density at radius 3 is 2.91 bits per heavy atom. The van der Waals surface area contributed by atoms with Crippen molar-refractivity contribution in [3.8, 4) is 0 Å². The number of aryl methyl sites for hydroxylation is 1. The molecule has 0 aliphatic carbocycles. The smallest absolute Gasteiger partial charge is 0.254 e. The highest BCUT2D eigenvalue weighted by molar-refractivity contribution is 6.32. The first kappa shape index (κ1) is 24.7. The highest BCUT2D eigenvalue weighted by Gasteiger charge is 2.34. The maximum Gasteiger partial charge on any atom is 0.254 e. The normalized spacial score (nSPS) is 21.0. The van der Waals surface area contributed by atoms with E-state index in [0.717, 1.165) is 50.3 Å². The van der Waals surface area contributed by atoms with Gasteiger partial charge in [0.25, 0.3) is 5.91 Å². The van der Waals surface area contributed by atoms with Crippen LogP contribution in [0.2, 0.25) is 5.02 Å². The number of hydrogen-bond donors (Lipinski definition) is 2. The molecule has 0 saturated carbocycles. The van der Waals surface area contributed by atoms with Crippen molar-refractivity contribution in [2.75, 3.05) is 57.0 Å². The summed E-state index contributed by atoms with van der Waals surface area (Å²) in [5.74, 6) is 1.06. The topological polar surface area (TPSA) is 100 Å². The molecule has 0 aromatic carbocycles. The van der Waals surface area contributed by atoms with Gasteiger partial charge in [0.05, 0.1) is 23.6 Å². The molecule has 2 aliphatic rings. The lowest BCUT2D eigenvalue weighted by molar-refractivity contribution is -0.149. The van der Waals surface area contributed by atoms with Gasteiger partial charge in [0, 0.05) is 39.0 Å². The number of likely N-dealkylation sites (tertiary alicyclic amines) is 1. The molecule has 34 heavy (non-hydrogen) atoms. The van der Waals surface area contributed by atoms with Crippen LogP contribution in [0.4, 0.5) is 17.5 Å². The Morgan fingerprint density at radius 2 is 2.15 bits per heavy atom. The first-order chi connectivity index (χ1) is 16.2. The van der Waals surface area contributed by atoms with Gasteiger partial charge in [-0.3, -0.25) is 9.48 Å². The monoisotopic (exact) mass is 490 g/mol. The van der Waals surface area contributed by atoms with Crippen LogP contribution in [0.15, 0.2) is 12.4 Å². The fourth-order valence-electron chi connectivity index (χ4n) is 4.41. The molecule has 2 aromatic heterocycles. The standard InChI is InChI=1S/C23H35ClN8O2/c1-16-19(15-32(29-16)17-7-11-30(4)14-17)27-22-26-13-18(24)20(28-22)25-8-5-9-31-10-6-12-34-23(2,3)21(31)33/h13,15,17H,5-12,14H2,1-4H3,(H2,25,26,27,28). The Kier molecular flexibility index (Phi) is 7.59. The highest BCUT2D eigenvalue weighted by atomic mass is 35.5. The number of likely N-dealkylation sites (N-methyl/N-ethyl adjacent to an activating group) is 1. The van der Waals surface area contributed by atoms with Crippen LogP contribution < -0.4 is 10.6 Å². The molecular formula is C23H35ClN8O2. The van der Waals surface area contributed by atoms with Crippen molar-refractivity contribution in [2.24, 2.45) is 0 Å². The summed E-state index contributed by atoms with van der Waals surface area (Å²) in [6, 6.07) is 0.385. The molecule has 186 valence electrons. The van der Waals surface area contributed by atoms with E-state index in [2.05, 4.69) is 37.6 Å². The Bertz CT molecular complexity index is 1010. The summed E-state index contributed by atoms with van der Waals surface area (Å²) in [5.41, 5.74) is 1.02. The predicted molar refractivity (Wildman–Crippen MR) is 133 cm³/mol. The molecule has 1 unspecified atom stereocenters. The van der Waals surface area contributed by atoms with Gasteiger partial charge in [-0.15, -0.1) is 0 Å². The van der Waals surface area contributed by atoms with Crippen LogP contribution in [-0.2, 0) is 9.53 Å². The molecule has 2 saturated heterocycles. The third-order valence-corrected chi connectivity index (χ3v) is 6.66. The van der Waals surface area contributed by atoms with E-state index < -0.39 is 5.60 Å². The average Bonchev–Trinajstić information content (AvgIpc) is 3.36. The second kappa shape index (κ2) is 10.5. The van der Waals surface area contributed by atoms with E-state index >= 15 is 0 Å². The van der Waals surface area contributed by atoms with Gasteiger partial charge in [0.1, 0.15) is 16.4 Å². The molecule has 2 N–H and O–H groups in total. The molecule has 10 nitrogen and oxygen atoms in total. The van der Waals surface area contributed by atoms with Crippen LogP contribution in [0.5, 0.6) is 0 Å². The van der Waals surface area contributed by atoms with Gasteiger partial charge in [0.15, 0.2) is 0 Å². The van der Waals surface area contributed by atoms with Crippen molar-refractivity contribution < 1.29 is 9.53 Å². The molecule has 2 fully saturated rings. The van der Waals surface area contributed by atoms with Gasteiger partial charge in [-0.1, -0.05) is 11.6 Å². The first-order valence-electron chi connectivity index (χ1n) is 11.9. The van der Waals surface area contributed by atoms with Crippen molar-refractivity contribution in [1.29, 1.82) is 0 Å². The van der Waals surface area contributed by atoms with Crippen LogP contribution in [0.3, 0.4) is 0 Å². The van der Waals surface area contributed by atoms with Gasteiger partial charge in [0.2, 0.25) is 5.95 Å². The Morgan fingerprint density at radius 1 is 1.32 bits per heavy atom. The minimum Gasteiger partial charge on any atom is -0.369 e. The van der Waals surface area contributed by atoms with Crippen molar-refractivity contribution in [3.63, 3.8) is 0 Å². The molecule has 0 spiro atoms. The molecule has 4 heterocycles. The number of nitrogens with one attached hydrogen (secondary N) is 2. The molecule has 2 aromatic rings. The molecule has 2 aliphatic heterocycles. The van der Waals surface area contributed by atoms with E-state index in [1.165, 1.54) is 0 Å². The van der Waals surface area contributed by atoms with Crippen molar-refractivity contribution in [1.82, 2.24) is 29.5 Å². The zero-order valence-corrected chi connectivity index (χ0v) is 21.2. The van der Waals surface area contributed by atoms with E-state index in [-0.39, 0.29) is 5.91 Å². The maximum absolute atomic E-state index is 12.7. The van der Waals surface area contributed by atoms with Crippen molar-refractivity contribution in [3.05, 3.63) is 23.1 Å². The number of rotatable bonds is 8. The number of aromatic nitrogens is 4. The summed E-state index contributed by atoms with van der Waals surface area (Å²) in [6.07, 6.45) is 6.32. The third-order valence-electron chi connectivity index (χ3n) is 6.38. The number of amides is 1. The van der Waals surface area contributed by atoms with Gasteiger partial charge < -0.3 is 25.2 Å². The summed E-state index contributed by atoms with van der Waals surface area (Å²) in [5, 5.41) is 11.7.